The Balaban J connectivity index is 1.46. The van der Waals surface area contributed by atoms with Gasteiger partial charge in [-0.2, -0.15) is 0 Å². The van der Waals surface area contributed by atoms with Gasteiger partial charge in [0.05, 0.1) is 12.5 Å². The van der Waals surface area contributed by atoms with E-state index in [1.807, 2.05) is 17.5 Å². The zero-order valence-electron chi connectivity index (χ0n) is 15.0. The first-order valence-electron chi connectivity index (χ1n) is 9.14. The Kier molecular flexibility index (Phi) is 4.63. The predicted octanol–water partition coefficient (Wildman–Crippen LogP) is -0.504. The van der Waals surface area contributed by atoms with Crippen molar-refractivity contribution in [2.45, 2.75) is 50.4 Å². The summed E-state index contributed by atoms with van der Waals surface area (Å²) in [7, 11) is 0. The minimum absolute atomic E-state index is 0.114. The number of fused-ring (bicyclic) bond motifs is 2. The lowest BCUT2D eigenvalue weighted by Gasteiger charge is -2.28. The van der Waals surface area contributed by atoms with Crippen molar-refractivity contribution in [1.82, 2.24) is 20.4 Å². The van der Waals surface area contributed by atoms with Gasteiger partial charge in [-0.05, 0) is 24.3 Å². The Morgan fingerprint density at radius 1 is 1.37 bits per heavy atom. The number of hydrogen-bond acceptors (Lipinski definition) is 5. The van der Waals surface area contributed by atoms with Gasteiger partial charge in [0.2, 0.25) is 23.6 Å². The van der Waals surface area contributed by atoms with Gasteiger partial charge in [-0.3, -0.25) is 19.2 Å². The van der Waals surface area contributed by atoms with Crippen LogP contribution in [0.25, 0.3) is 0 Å². The van der Waals surface area contributed by atoms with Crippen molar-refractivity contribution in [3.05, 3.63) is 22.4 Å². The molecule has 1 aromatic heterocycles. The van der Waals surface area contributed by atoms with E-state index in [2.05, 4.69) is 10.6 Å². The molecule has 4 atom stereocenters. The number of carbonyl (C=O) groups excluding carboxylic acids is 4. The predicted molar refractivity (Wildman–Crippen MR) is 97.8 cm³/mol. The van der Waals surface area contributed by atoms with Crippen LogP contribution in [-0.2, 0) is 25.6 Å². The smallest absolute Gasteiger partial charge is 0.248 e. The molecule has 0 spiro atoms. The van der Waals surface area contributed by atoms with Crippen molar-refractivity contribution < 1.29 is 19.2 Å². The average molecular weight is 390 g/mol. The third kappa shape index (κ3) is 3.31. The summed E-state index contributed by atoms with van der Waals surface area (Å²) in [5.74, 6) is -0.678. The summed E-state index contributed by atoms with van der Waals surface area (Å²) in [6.07, 6.45) is 1.28. The Labute approximate surface area is 160 Å². The molecule has 0 bridgehead atoms. The fraction of sp³-hybridized carbons (Fsp3) is 0.556. The van der Waals surface area contributed by atoms with Gasteiger partial charge >= 0.3 is 0 Å². The molecular weight excluding hydrogens is 368 g/mol. The molecule has 3 fully saturated rings. The lowest BCUT2D eigenvalue weighted by molar-refractivity contribution is -0.143. The van der Waals surface area contributed by atoms with Gasteiger partial charge in [-0.25, -0.2) is 0 Å². The Morgan fingerprint density at radius 3 is 2.89 bits per heavy atom. The standard InChI is InChI=1S/C18H22N4O4S/c1-10(23)21-5-4-13-16(21)18(26)22-9-11(7-14(22)17(25)20-13)19-15(24)8-12-3-2-6-27-12/h2-3,6,11,13-14,16H,4-5,7-9H2,1H3,(H,19,24)(H,20,25). The second-order valence-electron chi connectivity index (χ2n) is 7.32. The first-order valence-corrected chi connectivity index (χ1v) is 10.0. The lowest BCUT2D eigenvalue weighted by atomic mass is 10.1. The van der Waals surface area contributed by atoms with E-state index in [9.17, 15) is 19.2 Å². The molecule has 1 aromatic rings. The van der Waals surface area contributed by atoms with Gasteiger partial charge in [0, 0.05) is 30.9 Å². The Hall–Kier alpha value is -2.42. The Bertz CT molecular complexity index is 780. The largest absolute Gasteiger partial charge is 0.351 e. The monoisotopic (exact) mass is 390 g/mol. The molecule has 4 heterocycles. The molecule has 3 aliphatic rings. The van der Waals surface area contributed by atoms with Crippen molar-refractivity contribution in [2.24, 2.45) is 0 Å². The number of rotatable bonds is 3. The number of nitrogens with one attached hydrogen (secondary N) is 2. The lowest BCUT2D eigenvalue weighted by Crippen LogP contribution is -2.52. The maximum atomic E-state index is 13.1. The normalized spacial score (nSPS) is 29.8. The first-order chi connectivity index (χ1) is 12.9. The average Bonchev–Trinajstić information content (AvgIpc) is 3.32. The zero-order chi connectivity index (χ0) is 19.1. The molecule has 0 saturated carbocycles. The van der Waals surface area contributed by atoms with Gasteiger partial charge in [0.25, 0.3) is 0 Å². The van der Waals surface area contributed by atoms with Gasteiger partial charge < -0.3 is 20.4 Å². The zero-order valence-corrected chi connectivity index (χ0v) is 15.8. The highest BCUT2D eigenvalue weighted by molar-refractivity contribution is 7.10. The fourth-order valence-corrected chi connectivity index (χ4v) is 5.04. The molecule has 9 heteroatoms. The molecule has 4 unspecified atom stereocenters. The van der Waals surface area contributed by atoms with Gasteiger partial charge in [-0.1, -0.05) is 6.07 Å². The van der Waals surface area contributed by atoms with Crippen LogP contribution in [0, 0.1) is 0 Å². The van der Waals surface area contributed by atoms with Crippen LogP contribution in [0.5, 0.6) is 0 Å². The summed E-state index contributed by atoms with van der Waals surface area (Å²) >= 11 is 1.52. The van der Waals surface area contributed by atoms with E-state index in [0.717, 1.165) is 4.88 Å². The second kappa shape index (κ2) is 6.95. The topological polar surface area (TPSA) is 98.8 Å². The molecule has 4 amide bonds. The van der Waals surface area contributed by atoms with Crippen molar-refractivity contribution in [1.29, 1.82) is 0 Å². The molecule has 27 heavy (non-hydrogen) atoms. The fourth-order valence-electron chi connectivity index (χ4n) is 4.33. The third-order valence-electron chi connectivity index (χ3n) is 5.55. The summed E-state index contributed by atoms with van der Waals surface area (Å²) in [6, 6.07) is 1.97. The molecule has 3 aliphatic heterocycles. The van der Waals surface area contributed by atoms with Crippen LogP contribution >= 0.6 is 11.3 Å². The maximum Gasteiger partial charge on any atom is 0.248 e. The van der Waals surface area contributed by atoms with Crippen LogP contribution < -0.4 is 10.6 Å². The van der Waals surface area contributed by atoms with Gasteiger partial charge in [0.1, 0.15) is 12.1 Å². The highest BCUT2D eigenvalue weighted by Gasteiger charge is 2.51. The van der Waals surface area contributed by atoms with Gasteiger partial charge in [-0.15, -0.1) is 11.3 Å². The summed E-state index contributed by atoms with van der Waals surface area (Å²) in [6.45, 7) is 2.20. The summed E-state index contributed by atoms with van der Waals surface area (Å²) in [5, 5.41) is 7.79. The van der Waals surface area contributed by atoms with E-state index in [0.29, 0.717) is 32.4 Å². The molecular formula is C18H22N4O4S. The Morgan fingerprint density at radius 2 is 2.19 bits per heavy atom. The number of hydrogen-bond donors (Lipinski definition) is 2. The second-order valence-corrected chi connectivity index (χ2v) is 8.36. The van der Waals surface area contributed by atoms with Crippen LogP contribution in [0.4, 0.5) is 0 Å². The number of thiophene rings is 1. The number of nitrogens with zero attached hydrogens (tertiary/aromatic N) is 2. The summed E-state index contributed by atoms with van der Waals surface area (Å²) in [5.41, 5.74) is 0. The van der Waals surface area contributed by atoms with Crippen LogP contribution in [0.2, 0.25) is 0 Å². The van der Waals surface area contributed by atoms with Crippen LogP contribution in [0.1, 0.15) is 24.6 Å². The highest BCUT2D eigenvalue weighted by Crippen LogP contribution is 2.29. The quantitative estimate of drug-likeness (QED) is 0.727. The van der Waals surface area contributed by atoms with Crippen molar-refractivity contribution in [3.63, 3.8) is 0 Å². The number of carbonyl (C=O) groups is 4. The van der Waals surface area contributed by atoms with E-state index >= 15 is 0 Å². The van der Waals surface area contributed by atoms with Gasteiger partial charge in [0.15, 0.2) is 0 Å². The third-order valence-corrected chi connectivity index (χ3v) is 6.43. The SMILES string of the molecule is CC(=O)N1CCC2NC(=O)C3CC(NC(=O)Cc4cccs4)CN3C(=O)C21. The molecule has 0 aliphatic carbocycles. The molecule has 0 radical (unpaired) electrons. The number of likely N-dealkylation sites (tertiary alicyclic amines) is 1. The van der Waals surface area contributed by atoms with E-state index in [-0.39, 0.29) is 35.7 Å². The summed E-state index contributed by atoms with van der Waals surface area (Å²) < 4.78 is 0. The molecule has 3 saturated heterocycles. The van der Waals surface area contributed by atoms with Crippen molar-refractivity contribution in [2.75, 3.05) is 13.1 Å². The van der Waals surface area contributed by atoms with Crippen LogP contribution in [0.15, 0.2) is 17.5 Å². The minimum atomic E-state index is -0.642. The van der Waals surface area contributed by atoms with E-state index < -0.39 is 12.1 Å². The molecule has 2 N–H and O–H groups in total. The maximum absolute atomic E-state index is 13.1. The van der Waals surface area contributed by atoms with Crippen LogP contribution in [0.3, 0.4) is 0 Å². The molecule has 8 nitrogen and oxygen atoms in total. The molecule has 4 rings (SSSR count). The van der Waals surface area contributed by atoms with E-state index in [4.69, 9.17) is 0 Å². The number of amides is 4. The first kappa shape index (κ1) is 18.0. The van der Waals surface area contributed by atoms with E-state index in [1.54, 1.807) is 4.90 Å². The van der Waals surface area contributed by atoms with E-state index in [1.165, 1.54) is 23.2 Å². The molecule has 0 aromatic carbocycles. The van der Waals surface area contributed by atoms with Crippen LogP contribution in [-0.4, -0.2) is 70.7 Å². The molecule has 144 valence electrons. The highest BCUT2D eigenvalue weighted by atomic mass is 32.1. The summed E-state index contributed by atoms with van der Waals surface area (Å²) in [4.78, 5) is 53.9. The van der Waals surface area contributed by atoms with Crippen molar-refractivity contribution in [3.8, 4) is 0 Å². The van der Waals surface area contributed by atoms with Crippen molar-refractivity contribution >= 4 is 35.0 Å². The minimum Gasteiger partial charge on any atom is -0.351 e.